The molecular formula is C18H24ClFN2O. The zero-order chi connectivity index (χ0) is 17.4. The molecule has 1 aromatic carbocycles. The van der Waals surface area contributed by atoms with Gasteiger partial charge in [-0.2, -0.15) is 0 Å². The van der Waals surface area contributed by atoms with Crippen molar-refractivity contribution >= 4 is 17.3 Å². The highest BCUT2D eigenvalue weighted by Gasteiger charge is 2.24. The molecule has 0 saturated carbocycles. The number of oxime groups is 1. The summed E-state index contributed by atoms with van der Waals surface area (Å²) in [5.74, 6) is 0.228. The van der Waals surface area contributed by atoms with Crippen LogP contribution in [0.4, 0.5) is 4.39 Å². The molecule has 0 spiro atoms. The van der Waals surface area contributed by atoms with Gasteiger partial charge in [0.15, 0.2) is 5.76 Å². The summed E-state index contributed by atoms with van der Waals surface area (Å²) in [4.78, 5) is 7.25. The smallest absolute Gasteiger partial charge is 0.156 e. The van der Waals surface area contributed by atoms with Gasteiger partial charge in [0.1, 0.15) is 5.82 Å². The molecule has 1 atom stereocenters. The van der Waals surface area contributed by atoms with Gasteiger partial charge in [-0.3, -0.25) is 0 Å². The Morgan fingerprint density at radius 3 is 2.61 bits per heavy atom. The predicted octanol–water partition coefficient (Wildman–Crippen LogP) is 5.23. The lowest BCUT2D eigenvalue weighted by atomic mass is 9.92. The van der Waals surface area contributed by atoms with Gasteiger partial charge in [-0.05, 0) is 30.7 Å². The second-order valence-corrected chi connectivity index (χ2v) is 5.43. The monoisotopic (exact) mass is 338 g/mol. The topological polar surface area (TPSA) is 24.8 Å². The van der Waals surface area contributed by atoms with Gasteiger partial charge in [-0.25, -0.2) is 4.39 Å². The highest BCUT2D eigenvalue weighted by atomic mass is 35.5. The fourth-order valence-corrected chi connectivity index (χ4v) is 2.33. The Hall–Kier alpha value is -1.81. The van der Waals surface area contributed by atoms with E-state index in [9.17, 15) is 4.39 Å². The summed E-state index contributed by atoms with van der Waals surface area (Å²) < 4.78 is 14.0. The van der Waals surface area contributed by atoms with Gasteiger partial charge in [0.2, 0.25) is 0 Å². The Labute approximate surface area is 143 Å². The van der Waals surface area contributed by atoms with Crippen LogP contribution in [0.5, 0.6) is 0 Å². The first kappa shape index (κ1) is 19.2. The van der Waals surface area contributed by atoms with Gasteiger partial charge in [-0.1, -0.05) is 43.6 Å². The Morgan fingerprint density at radius 2 is 2.04 bits per heavy atom. The van der Waals surface area contributed by atoms with Gasteiger partial charge >= 0.3 is 0 Å². The van der Waals surface area contributed by atoms with Crippen molar-refractivity contribution in [3.63, 3.8) is 0 Å². The maximum absolute atomic E-state index is 14.0. The summed E-state index contributed by atoms with van der Waals surface area (Å²) in [6.45, 7) is 6.02. The van der Waals surface area contributed by atoms with E-state index in [1.54, 1.807) is 12.1 Å². The van der Waals surface area contributed by atoms with Crippen molar-refractivity contribution in [3.8, 4) is 0 Å². The van der Waals surface area contributed by atoms with E-state index < -0.39 is 0 Å². The van der Waals surface area contributed by atoms with Crippen molar-refractivity contribution in [1.29, 1.82) is 0 Å². The van der Waals surface area contributed by atoms with E-state index in [1.807, 2.05) is 58.1 Å². The minimum absolute atomic E-state index is 0.0324. The average molecular weight is 339 g/mol. The van der Waals surface area contributed by atoms with Crippen LogP contribution in [0.3, 0.4) is 0 Å². The SMILES string of the molecule is CC.CCC1C=C(/C=C/N(C)C)ON=C1c1c(F)cccc1Cl. The lowest BCUT2D eigenvalue weighted by Crippen LogP contribution is -2.19. The molecule has 23 heavy (non-hydrogen) atoms. The third-order valence-electron chi connectivity index (χ3n) is 3.16. The predicted molar refractivity (Wildman–Crippen MR) is 95.1 cm³/mol. The molecule has 0 fully saturated rings. The van der Waals surface area contributed by atoms with Crippen LogP contribution in [0.2, 0.25) is 5.02 Å². The number of hydrogen-bond acceptors (Lipinski definition) is 3. The van der Waals surface area contributed by atoms with Crippen LogP contribution in [0, 0.1) is 11.7 Å². The fourth-order valence-electron chi connectivity index (χ4n) is 2.07. The van der Waals surface area contributed by atoms with Gasteiger partial charge in [0, 0.05) is 26.2 Å². The minimum Gasteiger partial charge on any atom is -0.383 e. The van der Waals surface area contributed by atoms with Crippen LogP contribution < -0.4 is 0 Å². The summed E-state index contributed by atoms with van der Waals surface area (Å²) in [7, 11) is 3.84. The van der Waals surface area contributed by atoms with E-state index in [1.165, 1.54) is 6.07 Å². The molecule has 0 aromatic heterocycles. The zero-order valence-electron chi connectivity index (χ0n) is 14.3. The lowest BCUT2D eigenvalue weighted by Gasteiger charge is -2.20. The third-order valence-corrected chi connectivity index (χ3v) is 3.48. The fraction of sp³-hybridized carbons (Fsp3) is 0.389. The van der Waals surface area contributed by atoms with E-state index in [0.29, 0.717) is 22.1 Å². The Morgan fingerprint density at radius 1 is 1.35 bits per heavy atom. The van der Waals surface area contributed by atoms with Crippen molar-refractivity contribution in [2.45, 2.75) is 27.2 Å². The summed E-state index contributed by atoms with van der Waals surface area (Å²) in [6.07, 6.45) is 6.41. The highest BCUT2D eigenvalue weighted by molar-refractivity contribution is 6.34. The van der Waals surface area contributed by atoms with Crippen LogP contribution in [0.15, 0.2) is 47.5 Å². The largest absolute Gasteiger partial charge is 0.383 e. The van der Waals surface area contributed by atoms with Crippen LogP contribution in [-0.2, 0) is 4.84 Å². The number of benzene rings is 1. The Balaban J connectivity index is 0.00000127. The zero-order valence-corrected chi connectivity index (χ0v) is 15.1. The van der Waals surface area contributed by atoms with Crippen molar-refractivity contribution in [3.05, 3.63) is 58.7 Å². The third kappa shape index (κ3) is 5.10. The molecule has 1 aromatic rings. The molecule has 1 heterocycles. The first-order chi connectivity index (χ1) is 11.0. The molecule has 126 valence electrons. The molecule has 0 amide bonds. The quantitative estimate of drug-likeness (QED) is 0.751. The van der Waals surface area contributed by atoms with Crippen LogP contribution >= 0.6 is 11.6 Å². The molecule has 1 aliphatic rings. The molecule has 1 aliphatic heterocycles. The molecule has 0 radical (unpaired) electrons. The number of allylic oxidation sites excluding steroid dienone is 2. The Bertz CT molecular complexity index is 589. The van der Waals surface area contributed by atoms with Crippen molar-refractivity contribution in [2.24, 2.45) is 11.1 Å². The number of halogens is 2. The van der Waals surface area contributed by atoms with E-state index in [2.05, 4.69) is 5.16 Å². The minimum atomic E-state index is -0.385. The second-order valence-electron chi connectivity index (χ2n) is 5.03. The second kappa shape index (κ2) is 9.36. The summed E-state index contributed by atoms with van der Waals surface area (Å²) in [5, 5.41) is 4.43. The molecular weight excluding hydrogens is 315 g/mol. The van der Waals surface area contributed by atoms with Gasteiger partial charge in [-0.15, -0.1) is 0 Å². The highest BCUT2D eigenvalue weighted by Crippen LogP contribution is 2.28. The number of hydrogen-bond donors (Lipinski definition) is 0. The van der Waals surface area contributed by atoms with Crippen molar-refractivity contribution in [2.75, 3.05) is 14.1 Å². The normalized spacial score (nSPS) is 16.9. The molecule has 1 unspecified atom stereocenters. The van der Waals surface area contributed by atoms with Crippen molar-refractivity contribution < 1.29 is 9.23 Å². The van der Waals surface area contributed by atoms with Gasteiger partial charge in [0.25, 0.3) is 0 Å². The van der Waals surface area contributed by atoms with Gasteiger partial charge < -0.3 is 9.74 Å². The maximum Gasteiger partial charge on any atom is 0.156 e. The molecule has 5 heteroatoms. The van der Waals surface area contributed by atoms with Crippen LogP contribution in [0.25, 0.3) is 0 Å². The summed E-state index contributed by atoms with van der Waals surface area (Å²) >= 11 is 6.11. The molecule has 0 bridgehead atoms. The number of rotatable bonds is 4. The standard InChI is InChI=1S/C16H18ClFN2O.C2H6/c1-4-11-10-12(8-9-20(2)3)21-19-16(11)15-13(17)6-5-7-14(15)18;1-2/h5-11H,4H2,1-3H3;1-2H3/b9-8+;. The average Bonchev–Trinajstić information content (AvgIpc) is 2.55. The molecule has 2 rings (SSSR count). The lowest BCUT2D eigenvalue weighted by molar-refractivity contribution is 0.228. The van der Waals surface area contributed by atoms with Crippen LogP contribution in [0.1, 0.15) is 32.8 Å². The number of nitrogens with zero attached hydrogens (tertiary/aromatic N) is 2. The van der Waals surface area contributed by atoms with Gasteiger partial charge in [0.05, 0.1) is 16.3 Å². The molecule has 0 aliphatic carbocycles. The van der Waals surface area contributed by atoms with E-state index >= 15 is 0 Å². The first-order valence-electron chi connectivity index (χ1n) is 7.78. The van der Waals surface area contributed by atoms with E-state index in [4.69, 9.17) is 16.4 Å². The first-order valence-corrected chi connectivity index (χ1v) is 8.16. The Kier molecular flexibility index (Phi) is 7.83. The summed E-state index contributed by atoms with van der Waals surface area (Å²) in [5.41, 5.74) is 0.848. The van der Waals surface area contributed by atoms with E-state index in [0.717, 1.165) is 6.42 Å². The molecule has 3 nitrogen and oxygen atoms in total. The van der Waals surface area contributed by atoms with Crippen LogP contribution in [-0.4, -0.2) is 24.7 Å². The van der Waals surface area contributed by atoms with Crippen molar-refractivity contribution in [1.82, 2.24) is 4.90 Å². The summed E-state index contributed by atoms with van der Waals surface area (Å²) in [6, 6.07) is 4.61. The maximum atomic E-state index is 14.0. The molecule has 0 N–H and O–H groups in total. The molecule has 0 saturated heterocycles. The van der Waals surface area contributed by atoms with E-state index in [-0.39, 0.29) is 11.7 Å².